The van der Waals surface area contributed by atoms with Gasteiger partial charge in [-0.1, -0.05) is 0 Å². The summed E-state index contributed by atoms with van der Waals surface area (Å²) in [6, 6.07) is 6.16. The fourth-order valence-electron chi connectivity index (χ4n) is 2.02. The highest BCUT2D eigenvalue weighted by atomic mass is 32.2. The van der Waals surface area contributed by atoms with Gasteiger partial charge in [-0.05, 0) is 37.6 Å². The second-order valence-corrected chi connectivity index (χ2v) is 5.28. The van der Waals surface area contributed by atoms with Gasteiger partial charge in [-0.15, -0.1) is 11.8 Å². The Morgan fingerprint density at radius 3 is 3.00 bits per heavy atom. The molecule has 98 valence electrons. The summed E-state index contributed by atoms with van der Waals surface area (Å²) in [6.07, 6.45) is 1.91. The zero-order chi connectivity index (χ0) is 13.0. The van der Waals surface area contributed by atoms with Crippen molar-refractivity contribution in [3.63, 3.8) is 0 Å². The van der Waals surface area contributed by atoms with Gasteiger partial charge in [0.15, 0.2) is 0 Å². The molecule has 1 aromatic rings. The predicted octanol–water partition coefficient (Wildman–Crippen LogP) is 1.91. The normalized spacial score (nSPS) is 14.6. The molecule has 0 aromatic heterocycles. The van der Waals surface area contributed by atoms with E-state index in [0.29, 0.717) is 12.3 Å². The molecule has 0 atom stereocenters. The number of hydrogen-bond donors (Lipinski definition) is 2. The Hall–Kier alpha value is -1.20. The van der Waals surface area contributed by atoms with Crippen LogP contribution >= 0.6 is 11.8 Å². The number of hydrogen-bond acceptors (Lipinski definition) is 4. The number of fused-ring (bicyclic) bond motifs is 1. The van der Waals surface area contributed by atoms with Gasteiger partial charge in [0.25, 0.3) is 0 Å². The van der Waals surface area contributed by atoms with Crippen molar-refractivity contribution >= 4 is 29.0 Å². The number of nitrogens with two attached hydrogens (primary N) is 1. The molecule has 0 aliphatic carbocycles. The summed E-state index contributed by atoms with van der Waals surface area (Å²) < 4.78 is 0. The van der Waals surface area contributed by atoms with E-state index in [1.807, 2.05) is 24.1 Å². The Kier molecular flexibility index (Phi) is 4.49. The van der Waals surface area contributed by atoms with Crippen LogP contribution in [0.25, 0.3) is 0 Å². The van der Waals surface area contributed by atoms with Crippen molar-refractivity contribution in [2.75, 3.05) is 36.1 Å². The average molecular weight is 265 g/mol. The molecule has 0 unspecified atom stereocenters. The van der Waals surface area contributed by atoms with Gasteiger partial charge in [0.1, 0.15) is 0 Å². The predicted molar refractivity (Wildman–Crippen MR) is 77.4 cm³/mol. The molecule has 3 N–H and O–H groups in total. The smallest absolute Gasteiger partial charge is 0.237 e. The molecule has 0 saturated heterocycles. The maximum Gasteiger partial charge on any atom is 0.237 e. The zero-order valence-electron chi connectivity index (χ0n) is 10.6. The number of unbranched alkanes of at least 4 members (excludes halogenated alkanes) is 1. The second kappa shape index (κ2) is 6.11. The molecule has 0 spiro atoms. The number of anilines is 2. The molecular weight excluding hydrogens is 246 g/mol. The van der Waals surface area contributed by atoms with E-state index in [1.54, 1.807) is 11.8 Å². The molecule has 1 aliphatic heterocycles. The third-order valence-corrected chi connectivity index (χ3v) is 4.07. The van der Waals surface area contributed by atoms with Crippen molar-refractivity contribution in [3.8, 4) is 0 Å². The average Bonchev–Trinajstić information content (AvgIpc) is 2.41. The molecule has 18 heavy (non-hydrogen) atoms. The molecule has 4 nitrogen and oxygen atoms in total. The first kappa shape index (κ1) is 13.2. The SMILES string of the molecule is CNc1ccc2c(c1)N(CCCCN)C(=O)CS2. The fourth-order valence-corrected chi connectivity index (χ4v) is 2.93. The van der Waals surface area contributed by atoms with Crippen LogP contribution in [0.1, 0.15) is 12.8 Å². The molecule has 0 bridgehead atoms. The topological polar surface area (TPSA) is 58.4 Å². The van der Waals surface area contributed by atoms with E-state index in [0.717, 1.165) is 30.8 Å². The van der Waals surface area contributed by atoms with Crippen LogP contribution in [0.4, 0.5) is 11.4 Å². The van der Waals surface area contributed by atoms with Crippen molar-refractivity contribution in [3.05, 3.63) is 18.2 Å². The highest BCUT2D eigenvalue weighted by molar-refractivity contribution is 8.00. The Balaban J connectivity index is 2.21. The van der Waals surface area contributed by atoms with Crippen molar-refractivity contribution < 1.29 is 4.79 Å². The number of rotatable bonds is 5. The van der Waals surface area contributed by atoms with Crippen molar-refractivity contribution in [2.24, 2.45) is 5.73 Å². The lowest BCUT2D eigenvalue weighted by atomic mass is 10.2. The number of thioether (sulfide) groups is 1. The van der Waals surface area contributed by atoms with Crippen molar-refractivity contribution in [1.29, 1.82) is 0 Å². The van der Waals surface area contributed by atoms with Gasteiger partial charge in [0, 0.05) is 24.2 Å². The van der Waals surface area contributed by atoms with Crippen LogP contribution in [-0.4, -0.2) is 31.8 Å². The summed E-state index contributed by atoms with van der Waals surface area (Å²) in [4.78, 5) is 15.1. The number of carbonyl (C=O) groups excluding carboxylic acids is 1. The van der Waals surface area contributed by atoms with Crippen LogP contribution in [0.5, 0.6) is 0 Å². The first-order chi connectivity index (χ1) is 8.76. The fraction of sp³-hybridized carbons (Fsp3) is 0.462. The maximum absolute atomic E-state index is 12.0. The van der Waals surface area contributed by atoms with Gasteiger partial charge >= 0.3 is 0 Å². The first-order valence-electron chi connectivity index (χ1n) is 6.21. The maximum atomic E-state index is 12.0. The van der Waals surface area contributed by atoms with Crippen LogP contribution < -0.4 is 16.0 Å². The van der Waals surface area contributed by atoms with Crippen LogP contribution in [0.15, 0.2) is 23.1 Å². The largest absolute Gasteiger partial charge is 0.388 e. The third-order valence-electron chi connectivity index (χ3n) is 3.03. The van der Waals surface area contributed by atoms with Crippen LogP contribution in [0.2, 0.25) is 0 Å². The van der Waals surface area contributed by atoms with Gasteiger partial charge in [-0.2, -0.15) is 0 Å². The number of amides is 1. The minimum Gasteiger partial charge on any atom is -0.388 e. The lowest BCUT2D eigenvalue weighted by molar-refractivity contribution is -0.116. The Bertz CT molecular complexity index is 436. The van der Waals surface area contributed by atoms with Crippen molar-refractivity contribution in [1.82, 2.24) is 0 Å². The number of carbonyl (C=O) groups is 1. The van der Waals surface area contributed by atoms with E-state index in [2.05, 4.69) is 11.4 Å². The van der Waals surface area contributed by atoms with E-state index < -0.39 is 0 Å². The Labute approximate surface area is 112 Å². The molecule has 0 radical (unpaired) electrons. The van der Waals surface area contributed by atoms with Crippen LogP contribution in [-0.2, 0) is 4.79 Å². The van der Waals surface area contributed by atoms with E-state index >= 15 is 0 Å². The van der Waals surface area contributed by atoms with Crippen LogP contribution in [0.3, 0.4) is 0 Å². The molecular formula is C13H19N3OS. The minimum atomic E-state index is 0.192. The molecule has 1 aliphatic rings. The van der Waals surface area contributed by atoms with Gasteiger partial charge in [-0.25, -0.2) is 0 Å². The van der Waals surface area contributed by atoms with Crippen LogP contribution in [0, 0.1) is 0 Å². The monoisotopic (exact) mass is 265 g/mol. The summed E-state index contributed by atoms with van der Waals surface area (Å²) in [5.41, 5.74) is 7.56. The van der Waals surface area contributed by atoms with E-state index in [9.17, 15) is 4.79 Å². The molecule has 0 saturated carbocycles. The number of benzene rings is 1. The first-order valence-corrected chi connectivity index (χ1v) is 7.20. The number of nitrogens with zero attached hydrogens (tertiary/aromatic N) is 1. The Morgan fingerprint density at radius 2 is 2.28 bits per heavy atom. The quantitative estimate of drug-likeness (QED) is 0.798. The van der Waals surface area contributed by atoms with E-state index in [1.165, 1.54) is 4.90 Å². The van der Waals surface area contributed by atoms with Gasteiger partial charge in [-0.3, -0.25) is 4.79 Å². The standard InChI is InChI=1S/C13H19N3OS/c1-15-10-4-5-12-11(8-10)16(7-3-2-6-14)13(17)9-18-12/h4-5,8,15H,2-3,6-7,9,14H2,1H3. The lowest BCUT2D eigenvalue weighted by Gasteiger charge is -2.29. The third kappa shape index (κ3) is 2.79. The molecule has 1 heterocycles. The summed E-state index contributed by atoms with van der Waals surface area (Å²) in [7, 11) is 1.89. The van der Waals surface area contributed by atoms with Gasteiger partial charge < -0.3 is 16.0 Å². The number of nitrogens with one attached hydrogen (secondary N) is 1. The Morgan fingerprint density at radius 1 is 1.44 bits per heavy atom. The molecule has 0 fully saturated rings. The van der Waals surface area contributed by atoms with Gasteiger partial charge in [0.2, 0.25) is 5.91 Å². The second-order valence-electron chi connectivity index (χ2n) is 4.26. The summed E-state index contributed by atoms with van der Waals surface area (Å²) in [5, 5.41) is 3.11. The zero-order valence-corrected chi connectivity index (χ0v) is 11.4. The molecule has 1 aromatic carbocycles. The highest BCUT2D eigenvalue weighted by Gasteiger charge is 2.24. The molecule has 2 rings (SSSR count). The van der Waals surface area contributed by atoms with Gasteiger partial charge in [0.05, 0.1) is 11.4 Å². The van der Waals surface area contributed by atoms with Crippen molar-refractivity contribution in [2.45, 2.75) is 17.7 Å². The van der Waals surface area contributed by atoms with E-state index in [4.69, 9.17) is 5.73 Å². The summed E-state index contributed by atoms with van der Waals surface area (Å²) in [5.74, 6) is 0.729. The molecule has 1 amide bonds. The lowest BCUT2D eigenvalue weighted by Crippen LogP contribution is -2.36. The molecule has 5 heteroatoms. The van der Waals surface area contributed by atoms with E-state index in [-0.39, 0.29) is 5.91 Å². The minimum absolute atomic E-state index is 0.192. The summed E-state index contributed by atoms with van der Waals surface area (Å²) >= 11 is 1.62. The summed E-state index contributed by atoms with van der Waals surface area (Å²) in [6.45, 7) is 1.44. The highest BCUT2D eigenvalue weighted by Crippen LogP contribution is 2.37.